The highest BCUT2D eigenvalue weighted by Gasteiger charge is 2.46. The lowest BCUT2D eigenvalue weighted by molar-refractivity contribution is 0.0111. The summed E-state index contributed by atoms with van der Waals surface area (Å²) in [6, 6.07) is 0.675. The van der Waals surface area contributed by atoms with Gasteiger partial charge < -0.3 is 10.2 Å². The highest BCUT2D eigenvalue weighted by molar-refractivity contribution is 5.04. The first-order valence-electron chi connectivity index (χ1n) is 9.38. The summed E-state index contributed by atoms with van der Waals surface area (Å²) >= 11 is 0. The Labute approximate surface area is 133 Å². The summed E-state index contributed by atoms with van der Waals surface area (Å²) in [5.74, 6) is 2.77. The monoisotopic (exact) mass is 294 g/mol. The normalized spacial score (nSPS) is 39.4. The van der Waals surface area contributed by atoms with E-state index in [9.17, 15) is 0 Å². The van der Waals surface area contributed by atoms with Crippen LogP contribution in [0, 0.1) is 17.8 Å². The van der Waals surface area contributed by atoms with Crippen LogP contribution in [0.5, 0.6) is 0 Å². The fourth-order valence-corrected chi connectivity index (χ4v) is 5.25. The zero-order valence-corrected chi connectivity index (χ0v) is 15.1. The van der Waals surface area contributed by atoms with E-state index in [-0.39, 0.29) is 0 Å². The van der Waals surface area contributed by atoms with Crippen LogP contribution in [-0.2, 0) is 0 Å². The lowest BCUT2D eigenvalue weighted by Crippen LogP contribution is -2.62. The van der Waals surface area contributed by atoms with E-state index in [4.69, 9.17) is 0 Å². The van der Waals surface area contributed by atoms with Crippen LogP contribution >= 0.6 is 0 Å². The Bertz CT molecular complexity index is 305. The average Bonchev–Trinajstić information content (AvgIpc) is 2.50. The van der Waals surface area contributed by atoms with Crippen LogP contribution in [0.4, 0.5) is 0 Å². The summed E-state index contributed by atoms with van der Waals surface area (Å²) in [6.07, 6.45) is 12.7. The van der Waals surface area contributed by atoms with Gasteiger partial charge in [-0.3, -0.25) is 0 Å². The molecule has 2 aliphatic carbocycles. The average molecular weight is 295 g/mol. The van der Waals surface area contributed by atoms with Crippen LogP contribution in [-0.4, -0.2) is 37.6 Å². The van der Waals surface area contributed by atoms with Gasteiger partial charge in [-0.25, -0.2) is 0 Å². The van der Waals surface area contributed by atoms with E-state index in [2.05, 4.69) is 45.2 Å². The van der Waals surface area contributed by atoms with Crippen molar-refractivity contribution in [3.63, 3.8) is 0 Å². The van der Waals surface area contributed by atoms with E-state index >= 15 is 0 Å². The van der Waals surface area contributed by atoms with Crippen molar-refractivity contribution < 1.29 is 0 Å². The minimum absolute atomic E-state index is 0.390. The second kappa shape index (κ2) is 7.46. The van der Waals surface area contributed by atoms with Crippen molar-refractivity contribution in [3.05, 3.63) is 0 Å². The van der Waals surface area contributed by atoms with Gasteiger partial charge in [-0.1, -0.05) is 33.1 Å². The van der Waals surface area contributed by atoms with E-state index in [1.807, 2.05) is 0 Å². The van der Waals surface area contributed by atoms with Crippen LogP contribution in [0.1, 0.15) is 71.6 Å². The summed E-state index contributed by atoms with van der Waals surface area (Å²) in [6.45, 7) is 4.81. The predicted molar refractivity (Wildman–Crippen MR) is 92.6 cm³/mol. The molecule has 1 N–H and O–H groups in total. The summed E-state index contributed by atoms with van der Waals surface area (Å²) in [7, 11) is 6.85. The zero-order chi connectivity index (χ0) is 15.5. The molecule has 0 heterocycles. The van der Waals surface area contributed by atoms with Gasteiger partial charge in [0.2, 0.25) is 0 Å². The number of hydrogen-bond acceptors (Lipinski definition) is 2. The number of nitrogens with one attached hydrogen (secondary N) is 1. The van der Waals surface area contributed by atoms with Gasteiger partial charge in [0.15, 0.2) is 0 Å². The van der Waals surface area contributed by atoms with Crippen molar-refractivity contribution in [1.82, 2.24) is 10.2 Å². The molecule has 0 bridgehead atoms. The molecular formula is C19H38N2. The molecule has 124 valence electrons. The van der Waals surface area contributed by atoms with Crippen molar-refractivity contribution >= 4 is 0 Å². The van der Waals surface area contributed by atoms with E-state index in [0.29, 0.717) is 11.6 Å². The summed E-state index contributed by atoms with van der Waals surface area (Å²) in [4.78, 5) is 2.57. The molecule has 0 spiro atoms. The predicted octanol–water partition coefficient (Wildman–Crippen LogP) is 4.30. The quantitative estimate of drug-likeness (QED) is 0.813. The number of likely N-dealkylation sites (N-methyl/N-ethyl adjacent to an activating group) is 2. The van der Waals surface area contributed by atoms with Gasteiger partial charge in [0.25, 0.3) is 0 Å². The SMILES string of the molecule is CCC1CCCC(C(NC)C2(N(C)C)CCC(C)CC2)C1. The molecule has 2 aliphatic rings. The maximum Gasteiger partial charge on any atom is 0.0359 e. The third-order valence-electron chi connectivity index (χ3n) is 6.79. The van der Waals surface area contributed by atoms with Gasteiger partial charge in [0.1, 0.15) is 0 Å². The molecule has 0 aliphatic heterocycles. The van der Waals surface area contributed by atoms with Crippen LogP contribution < -0.4 is 5.32 Å². The molecule has 2 saturated carbocycles. The standard InChI is InChI=1S/C19H38N2/c1-6-16-8-7-9-17(14-16)18(20-3)19(21(4)5)12-10-15(2)11-13-19/h15-18,20H,6-14H2,1-5H3. The van der Waals surface area contributed by atoms with Crippen molar-refractivity contribution in [2.75, 3.05) is 21.1 Å². The van der Waals surface area contributed by atoms with Crippen LogP contribution in [0.15, 0.2) is 0 Å². The van der Waals surface area contributed by atoms with E-state index in [0.717, 1.165) is 17.8 Å². The summed E-state index contributed by atoms with van der Waals surface area (Å²) in [5.41, 5.74) is 0.390. The Kier molecular flexibility index (Phi) is 6.14. The van der Waals surface area contributed by atoms with Gasteiger partial charge in [0.05, 0.1) is 0 Å². The summed E-state index contributed by atoms with van der Waals surface area (Å²) < 4.78 is 0. The lowest BCUT2D eigenvalue weighted by atomic mass is 9.65. The minimum Gasteiger partial charge on any atom is -0.315 e. The first-order valence-corrected chi connectivity index (χ1v) is 9.38. The molecule has 0 aromatic heterocycles. The third-order valence-corrected chi connectivity index (χ3v) is 6.79. The van der Waals surface area contributed by atoms with Gasteiger partial charge in [0, 0.05) is 11.6 Å². The first kappa shape index (κ1) is 17.3. The first-order chi connectivity index (χ1) is 10.0. The van der Waals surface area contributed by atoms with Gasteiger partial charge in [-0.05, 0) is 77.4 Å². The molecule has 2 fully saturated rings. The van der Waals surface area contributed by atoms with Crippen molar-refractivity contribution in [2.45, 2.75) is 83.2 Å². The lowest BCUT2D eigenvalue weighted by Gasteiger charge is -2.53. The Hall–Kier alpha value is -0.0800. The molecular weight excluding hydrogens is 256 g/mol. The highest BCUT2D eigenvalue weighted by Crippen LogP contribution is 2.44. The van der Waals surface area contributed by atoms with Gasteiger partial charge >= 0.3 is 0 Å². The largest absolute Gasteiger partial charge is 0.315 e. The fourth-order valence-electron chi connectivity index (χ4n) is 5.25. The second-order valence-corrected chi connectivity index (χ2v) is 8.15. The Morgan fingerprint density at radius 1 is 1.14 bits per heavy atom. The third kappa shape index (κ3) is 3.64. The molecule has 0 amide bonds. The molecule has 0 aromatic carbocycles. The Balaban J connectivity index is 2.16. The van der Waals surface area contributed by atoms with Crippen LogP contribution in [0.25, 0.3) is 0 Å². The number of rotatable bonds is 5. The van der Waals surface area contributed by atoms with Gasteiger partial charge in [-0.15, -0.1) is 0 Å². The molecule has 0 radical (unpaired) electrons. The van der Waals surface area contributed by atoms with Gasteiger partial charge in [-0.2, -0.15) is 0 Å². The maximum absolute atomic E-state index is 3.78. The minimum atomic E-state index is 0.390. The van der Waals surface area contributed by atoms with E-state index in [1.165, 1.54) is 57.8 Å². The molecule has 2 heteroatoms. The molecule has 2 rings (SSSR count). The molecule has 3 unspecified atom stereocenters. The van der Waals surface area contributed by atoms with Crippen molar-refractivity contribution in [3.8, 4) is 0 Å². The maximum atomic E-state index is 3.78. The topological polar surface area (TPSA) is 15.3 Å². The molecule has 2 nitrogen and oxygen atoms in total. The molecule has 21 heavy (non-hydrogen) atoms. The van der Waals surface area contributed by atoms with Crippen LogP contribution in [0.2, 0.25) is 0 Å². The smallest absolute Gasteiger partial charge is 0.0359 e. The molecule has 0 saturated heterocycles. The van der Waals surface area contributed by atoms with Crippen molar-refractivity contribution in [2.24, 2.45) is 17.8 Å². The molecule has 0 aromatic rings. The van der Waals surface area contributed by atoms with E-state index in [1.54, 1.807) is 0 Å². The highest BCUT2D eigenvalue weighted by atomic mass is 15.2. The van der Waals surface area contributed by atoms with Crippen molar-refractivity contribution in [1.29, 1.82) is 0 Å². The summed E-state index contributed by atoms with van der Waals surface area (Å²) in [5, 5.41) is 3.78. The molecule has 3 atom stereocenters. The second-order valence-electron chi connectivity index (χ2n) is 8.15. The fraction of sp³-hybridized carbons (Fsp3) is 1.00. The number of hydrogen-bond donors (Lipinski definition) is 1. The Morgan fingerprint density at radius 3 is 2.33 bits per heavy atom. The zero-order valence-electron chi connectivity index (χ0n) is 15.1. The van der Waals surface area contributed by atoms with E-state index < -0.39 is 0 Å². The number of nitrogens with zero attached hydrogens (tertiary/aromatic N) is 1. The Morgan fingerprint density at radius 2 is 1.81 bits per heavy atom. The van der Waals surface area contributed by atoms with Crippen LogP contribution in [0.3, 0.4) is 0 Å².